The Balaban J connectivity index is 1.49. The predicted molar refractivity (Wildman–Crippen MR) is 152 cm³/mol. The summed E-state index contributed by atoms with van der Waals surface area (Å²) < 4.78 is 12.7. The monoisotopic (exact) mass is 516 g/mol. The molecular weight excluding hydrogens is 488 g/mol. The Morgan fingerprint density at radius 2 is 0.846 bits per heavy atom. The van der Waals surface area contributed by atoms with E-state index in [4.69, 9.17) is 9.47 Å². The van der Waals surface area contributed by atoms with Crippen LogP contribution in [-0.2, 0) is 13.2 Å². The Bertz CT molecular complexity index is 1510. The number of hydrogen-bond acceptors (Lipinski definition) is 4. The van der Waals surface area contributed by atoms with Crippen LogP contribution in [0.1, 0.15) is 38.3 Å². The van der Waals surface area contributed by atoms with Crippen molar-refractivity contribution in [1.29, 1.82) is 0 Å². The fourth-order valence-corrected chi connectivity index (χ4v) is 5.16. The summed E-state index contributed by atoms with van der Waals surface area (Å²) in [5, 5.41) is 10.1. The van der Waals surface area contributed by atoms with Crippen molar-refractivity contribution >= 4 is 33.4 Å². The molecule has 6 rings (SSSR count). The normalized spacial score (nSPS) is 14.6. The molecule has 6 heteroatoms. The molecule has 0 spiro atoms. The topological polar surface area (TPSA) is 76.7 Å². The first-order valence-corrected chi connectivity index (χ1v) is 13.1. The van der Waals surface area contributed by atoms with Crippen molar-refractivity contribution in [2.24, 2.45) is 0 Å². The summed E-state index contributed by atoms with van der Waals surface area (Å²) >= 11 is 0. The van der Waals surface area contributed by atoms with E-state index in [2.05, 4.69) is 34.9 Å². The highest BCUT2D eigenvalue weighted by atomic mass is 16.5. The van der Waals surface area contributed by atoms with Crippen LogP contribution in [0.4, 0.5) is 0 Å². The summed E-state index contributed by atoms with van der Waals surface area (Å²) in [6, 6.07) is 31.0. The van der Waals surface area contributed by atoms with Crippen molar-refractivity contribution in [3.05, 3.63) is 119 Å². The summed E-state index contributed by atoms with van der Waals surface area (Å²) in [6.45, 7) is 1.44. The minimum atomic E-state index is -0.210. The van der Waals surface area contributed by atoms with Crippen LogP contribution in [-0.4, -0.2) is 24.9 Å². The molecule has 0 atom stereocenters. The number of amides is 2. The third-order valence-electron chi connectivity index (χ3n) is 7.09. The molecule has 0 aliphatic carbocycles. The summed E-state index contributed by atoms with van der Waals surface area (Å²) in [5.41, 5.74) is 3.04. The summed E-state index contributed by atoms with van der Waals surface area (Å²) in [5.74, 6) is 0.631. The summed E-state index contributed by atoms with van der Waals surface area (Å²) in [7, 11) is 0. The Hall–Kier alpha value is -4.84. The van der Waals surface area contributed by atoms with E-state index in [1.165, 1.54) is 0 Å². The van der Waals surface area contributed by atoms with Crippen LogP contribution in [0.5, 0.6) is 11.5 Å². The number of benzene rings is 5. The average Bonchev–Trinajstić information content (AvgIpc) is 2.98. The van der Waals surface area contributed by atoms with Gasteiger partial charge >= 0.3 is 0 Å². The Morgan fingerprint density at radius 3 is 1.26 bits per heavy atom. The Labute approximate surface area is 226 Å². The maximum atomic E-state index is 13.0. The third kappa shape index (κ3) is 4.89. The van der Waals surface area contributed by atoms with E-state index in [-0.39, 0.29) is 11.8 Å². The van der Waals surface area contributed by atoms with Gasteiger partial charge in [-0.05, 0) is 52.2 Å². The van der Waals surface area contributed by atoms with Gasteiger partial charge in [-0.2, -0.15) is 0 Å². The van der Waals surface area contributed by atoms with Crippen molar-refractivity contribution in [3.8, 4) is 11.5 Å². The highest BCUT2D eigenvalue weighted by Gasteiger charge is 2.18. The number of carbonyl (C=O) groups excluding carboxylic acids is 2. The minimum absolute atomic E-state index is 0.210. The molecule has 2 N–H and O–H groups in total. The van der Waals surface area contributed by atoms with Crippen LogP contribution >= 0.6 is 0 Å². The molecule has 1 aliphatic heterocycles. The van der Waals surface area contributed by atoms with E-state index in [0.717, 1.165) is 32.7 Å². The highest BCUT2D eigenvalue weighted by Crippen LogP contribution is 2.35. The van der Waals surface area contributed by atoms with Crippen LogP contribution in [0.25, 0.3) is 21.5 Å². The van der Waals surface area contributed by atoms with Gasteiger partial charge in [0.15, 0.2) is 0 Å². The SMILES string of the molecule is O=C1NCCCNC(=O)c2ccccc2OCc2c3ccccc3c(c3ccccc23)COc2ccccc21. The lowest BCUT2D eigenvalue weighted by atomic mass is 9.92. The lowest BCUT2D eigenvalue weighted by molar-refractivity contribution is 0.0947. The van der Waals surface area contributed by atoms with Crippen LogP contribution < -0.4 is 20.1 Å². The van der Waals surface area contributed by atoms with Crippen molar-refractivity contribution in [2.75, 3.05) is 13.1 Å². The first-order valence-electron chi connectivity index (χ1n) is 13.1. The Kier molecular flexibility index (Phi) is 6.83. The smallest absolute Gasteiger partial charge is 0.255 e. The van der Waals surface area contributed by atoms with Crippen LogP contribution in [0.2, 0.25) is 0 Å². The molecule has 5 aromatic carbocycles. The first kappa shape index (κ1) is 24.5. The molecule has 39 heavy (non-hydrogen) atoms. The van der Waals surface area contributed by atoms with Gasteiger partial charge in [0.05, 0.1) is 11.1 Å². The molecule has 0 fully saturated rings. The van der Waals surface area contributed by atoms with Crippen LogP contribution in [0.3, 0.4) is 0 Å². The Morgan fingerprint density at radius 1 is 0.487 bits per heavy atom. The molecule has 0 aromatic heterocycles. The van der Waals surface area contributed by atoms with Crippen molar-refractivity contribution < 1.29 is 19.1 Å². The number of rotatable bonds is 0. The number of carbonyl (C=O) groups is 2. The average molecular weight is 517 g/mol. The zero-order valence-corrected chi connectivity index (χ0v) is 21.4. The standard InChI is InChI=1S/C33H28N2O4/c36-32-26-14-5-7-16-30(26)38-20-28-22-10-1-2-11-23(22)29(25-13-4-3-12-24(25)28)21-39-31-17-8-6-15-27(31)33(37)35-19-9-18-34-32/h1-8,10-17H,9,18-21H2,(H,34,36)(H,35,37). The second kappa shape index (κ2) is 10.9. The van der Waals surface area contributed by atoms with Crippen LogP contribution in [0.15, 0.2) is 97.1 Å². The molecule has 0 saturated carbocycles. The van der Waals surface area contributed by atoms with Gasteiger partial charge < -0.3 is 20.1 Å². The van der Waals surface area contributed by atoms with Gasteiger partial charge in [-0.1, -0.05) is 72.8 Å². The molecule has 1 aliphatic rings. The second-order valence-corrected chi connectivity index (χ2v) is 9.48. The van der Waals surface area contributed by atoms with Crippen molar-refractivity contribution in [1.82, 2.24) is 10.6 Å². The molecular formula is C33H28N2O4. The third-order valence-corrected chi connectivity index (χ3v) is 7.09. The molecule has 0 unspecified atom stereocenters. The molecule has 2 amide bonds. The predicted octanol–water partition coefficient (Wildman–Crippen LogP) is 6.01. The van der Waals surface area contributed by atoms with Gasteiger partial charge in [0.1, 0.15) is 24.7 Å². The number of fused-ring (bicyclic) bond motifs is 5. The number of nitrogens with one attached hydrogen (secondary N) is 2. The van der Waals surface area contributed by atoms with E-state index < -0.39 is 0 Å². The molecule has 194 valence electrons. The summed E-state index contributed by atoms with van der Waals surface area (Å²) in [6.07, 6.45) is 0.587. The molecule has 0 saturated heterocycles. The van der Waals surface area contributed by atoms with E-state index in [9.17, 15) is 9.59 Å². The second-order valence-electron chi connectivity index (χ2n) is 9.48. The fourth-order valence-electron chi connectivity index (χ4n) is 5.16. The molecule has 6 nitrogen and oxygen atoms in total. The largest absolute Gasteiger partial charge is 0.488 e. The maximum absolute atomic E-state index is 13.0. The molecule has 0 radical (unpaired) electrons. The van der Waals surface area contributed by atoms with E-state index in [1.807, 2.05) is 60.7 Å². The zero-order chi connectivity index (χ0) is 26.6. The quantitative estimate of drug-likeness (QED) is 0.247. The van der Waals surface area contributed by atoms with Gasteiger partial charge in [-0.15, -0.1) is 0 Å². The van der Waals surface area contributed by atoms with Crippen LogP contribution in [0, 0.1) is 0 Å². The van der Waals surface area contributed by atoms with Gasteiger partial charge in [0.25, 0.3) is 11.8 Å². The van der Waals surface area contributed by atoms with Crippen molar-refractivity contribution in [3.63, 3.8) is 0 Å². The van der Waals surface area contributed by atoms with E-state index in [0.29, 0.717) is 55.4 Å². The summed E-state index contributed by atoms with van der Waals surface area (Å²) in [4.78, 5) is 26.0. The lowest BCUT2D eigenvalue weighted by Gasteiger charge is -2.19. The van der Waals surface area contributed by atoms with Gasteiger partial charge in [-0.25, -0.2) is 0 Å². The zero-order valence-electron chi connectivity index (χ0n) is 21.4. The first-order chi connectivity index (χ1) is 19.2. The van der Waals surface area contributed by atoms with Gasteiger partial charge in [0.2, 0.25) is 0 Å². The number of para-hydroxylation sites is 2. The minimum Gasteiger partial charge on any atom is -0.488 e. The molecule has 2 bridgehead atoms. The van der Waals surface area contributed by atoms with Gasteiger partial charge in [0, 0.05) is 24.2 Å². The van der Waals surface area contributed by atoms with Crippen molar-refractivity contribution in [2.45, 2.75) is 19.6 Å². The molecule has 1 heterocycles. The highest BCUT2D eigenvalue weighted by molar-refractivity contribution is 6.06. The lowest BCUT2D eigenvalue weighted by Crippen LogP contribution is -2.30. The molecule has 5 aromatic rings. The maximum Gasteiger partial charge on any atom is 0.255 e. The van der Waals surface area contributed by atoms with E-state index >= 15 is 0 Å². The van der Waals surface area contributed by atoms with E-state index in [1.54, 1.807) is 12.1 Å². The number of ether oxygens (including phenoxy) is 2. The fraction of sp³-hybridized carbons (Fsp3) is 0.152. The van der Waals surface area contributed by atoms with Gasteiger partial charge in [-0.3, -0.25) is 9.59 Å². The number of hydrogen-bond donors (Lipinski definition) is 2.